The molecule has 6 nitrogen and oxygen atoms in total. The molecular formula is C25H35ClN4O2Si. The van der Waals surface area contributed by atoms with E-state index in [4.69, 9.17) is 26.2 Å². The van der Waals surface area contributed by atoms with Gasteiger partial charge in [-0.25, -0.2) is 14.6 Å². The highest BCUT2D eigenvalue weighted by molar-refractivity contribution is 6.77. The van der Waals surface area contributed by atoms with Crippen molar-refractivity contribution >= 4 is 30.6 Å². The van der Waals surface area contributed by atoms with Crippen LogP contribution in [0.4, 0.5) is 0 Å². The van der Waals surface area contributed by atoms with E-state index in [-0.39, 0.29) is 5.60 Å². The van der Waals surface area contributed by atoms with E-state index in [1.165, 1.54) is 12.4 Å². The van der Waals surface area contributed by atoms with Gasteiger partial charge in [-0.05, 0) is 49.4 Å². The fourth-order valence-corrected chi connectivity index (χ4v) is 8.48. The van der Waals surface area contributed by atoms with Crippen LogP contribution in [0.3, 0.4) is 0 Å². The molecule has 0 radical (unpaired) electrons. The maximum atomic E-state index is 6.20. The summed E-state index contributed by atoms with van der Waals surface area (Å²) in [5.74, 6) is 0.847. The first-order valence-electron chi connectivity index (χ1n) is 11.7. The van der Waals surface area contributed by atoms with Crippen molar-refractivity contribution in [3.8, 4) is 17.1 Å². The van der Waals surface area contributed by atoms with E-state index >= 15 is 0 Å². The molecule has 2 aromatic heterocycles. The fourth-order valence-electron chi connectivity index (χ4n) is 4.59. The summed E-state index contributed by atoms with van der Waals surface area (Å²) in [5.41, 5.74) is 2.77. The summed E-state index contributed by atoms with van der Waals surface area (Å²) in [6.07, 6.45) is 3.65. The average molecular weight is 487 g/mol. The van der Waals surface area contributed by atoms with Crippen molar-refractivity contribution in [3.63, 3.8) is 0 Å². The molecule has 0 saturated heterocycles. The minimum absolute atomic E-state index is 0.0467. The van der Waals surface area contributed by atoms with E-state index in [0.29, 0.717) is 17.3 Å². The van der Waals surface area contributed by atoms with Gasteiger partial charge in [0.05, 0.1) is 25.0 Å². The molecule has 8 heteroatoms. The highest BCUT2D eigenvalue weighted by atomic mass is 35.5. The van der Waals surface area contributed by atoms with E-state index in [1.54, 1.807) is 6.07 Å². The smallest absolute Gasteiger partial charge is 0.140 e. The van der Waals surface area contributed by atoms with Crippen molar-refractivity contribution in [2.45, 2.75) is 78.1 Å². The van der Waals surface area contributed by atoms with E-state index < -0.39 is 8.07 Å². The third-order valence-electron chi connectivity index (χ3n) is 6.05. The van der Waals surface area contributed by atoms with Crippen LogP contribution in [-0.4, -0.2) is 40.0 Å². The van der Waals surface area contributed by atoms with Crippen LogP contribution in [0.1, 0.15) is 40.5 Å². The molecule has 1 saturated carbocycles. The lowest BCUT2D eigenvalue weighted by atomic mass is 10.0. The zero-order valence-corrected chi connectivity index (χ0v) is 22.4. The maximum Gasteiger partial charge on any atom is 0.140 e. The van der Waals surface area contributed by atoms with Gasteiger partial charge in [0.2, 0.25) is 0 Å². The van der Waals surface area contributed by atoms with Gasteiger partial charge in [-0.1, -0.05) is 51.5 Å². The number of rotatable bonds is 9. The Balaban J connectivity index is 1.57. The Labute approximate surface area is 202 Å². The van der Waals surface area contributed by atoms with Gasteiger partial charge in [-0.15, -0.1) is 0 Å². The topological polar surface area (TPSA) is 62.1 Å². The second kappa shape index (κ2) is 9.00. The Morgan fingerprint density at radius 3 is 2.58 bits per heavy atom. The van der Waals surface area contributed by atoms with Gasteiger partial charge in [0, 0.05) is 18.1 Å². The van der Waals surface area contributed by atoms with Crippen molar-refractivity contribution in [1.29, 1.82) is 0 Å². The van der Waals surface area contributed by atoms with Crippen molar-refractivity contribution in [3.05, 3.63) is 35.7 Å². The summed E-state index contributed by atoms with van der Waals surface area (Å²) >= 11 is 6.19. The summed E-state index contributed by atoms with van der Waals surface area (Å²) in [5, 5.41) is 6.18. The Kier molecular flexibility index (Phi) is 6.59. The van der Waals surface area contributed by atoms with Gasteiger partial charge >= 0.3 is 0 Å². The predicted molar refractivity (Wildman–Crippen MR) is 137 cm³/mol. The molecule has 2 heterocycles. The quantitative estimate of drug-likeness (QED) is 0.189. The van der Waals surface area contributed by atoms with Gasteiger partial charge in [-0.2, -0.15) is 5.10 Å². The Morgan fingerprint density at radius 1 is 1.15 bits per heavy atom. The lowest BCUT2D eigenvalue weighted by Crippen LogP contribution is -2.32. The zero-order valence-electron chi connectivity index (χ0n) is 20.6. The molecule has 1 fully saturated rings. The van der Waals surface area contributed by atoms with Crippen LogP contribution >= 0.6 is 11.6 Å². The van der Waals surface area contributed by atoms with Gasteiger partial charge in [0.25, 0.3) is 0 Å². The zero-order chi connectivity index (χ0) is 23.9. The average Bonchev–Trinajstić information content (AvgIpc) is 3.30. The molecular weight excluding hydrogens is 452 g/mol. The van der Waals surface area contributed by atoms with Crippen LogP contribution in [0.25, 0.3) is 22.3 Å². The van der Waals surface area contributed by atoms with E-state index in [9.17, 15) is 0 Å². The molecule has 0 unspecified atom stereocenters. The Bertz CT molecular complexity index is 1140. The molecule has 0 N–H and O–H groups in total. The molecule has 3 aromatic rings. The van der Waals surface area contributed by atoms with Crippen LogP contribution in [0.15, 0.2) is 30.6 Å². The predicted octanol–water partition coefficient (Wildman–Crippen LogP) is 6.81. The molecule has 0 aliphatic heterocycles. The lowest BCUT2D eigenvalue weighted by molar-refractivity contribution is 0.0800. The summed E-state index contributed by atoms with van der Waals surface area (Å²) in [4.78, 5) is 8.51. The first-order valence-corrected chi connectivity index (χ1v) is 15.5. The third-order valence-corrected chi connectivity index (χ3v) is 9.83. The Hall–Kier alpha value is -1.96. The van der Waals surface area contributed by atoms with Gasteiger partial charge in [-0.3, -0.25) is 0 Å². The van der Waals surface area contributed by atoms with Crippen molar-refractivity contribution in [2.75, 3.05) is 6.61 Å². The number of ether oxygens (including phenoxy) is 2. The Morgan fingerprint density at radius 2 is 1.91 bits per heavy atom. The monoisotopic (exact) mass is 486 g/mol. The fraction of sp³-hybridized carbons (Fsp3) is 0.560. The van der Waals surface area contributed by atoms with Crippen LogP contribution < -0.4 is 4.74 Å². The second-order valence-corrected chi connectivity index (χ2v) is 17.1. The molecule has 178 valence electrons. The van der Waals surface area contributed by atoms with Gasteiger partial charge < -0.3 is 9.47 Å². The summed E-state index contributed by atoms with van der Waals surface area (Å²) in [6.45, 7) is 15.1. The molecule has 0 amide bonds. The normalized spacial score (nSPS) is 15.7. The van der Waals surface area contributed by atoms with Crippen LogP contribution in [0.2, 0.25) is 30.3 Å². The maximum absolute atomic E-state index is 6.20. The van der Waals surface area contributed by atoms with E-state index in [0.717, 1.165) is 53.5 Å². The second-order valence-electron chi connectivity index (χ2n) is 11.5. The minimum atomic E-state index is -1.33. The lowest BCUT2D eigenvalue weighted by Gasteiger charge is -2.30. The van der Waals surface area contributed by atoms with Crippen molar-refractivity contribution in [1.82, 2.24) is 19.7 Å². The molecule has 4 rings (SSSR count). The SMILES string of the molecule is CC(C)(C)C[Si](C)(C)CCOCn1nc2ccc(OC3(C)CC3)cc2c1-c1cc(Cl)ncn1. The van der Waals surface area contributed by atoms with E-state index in [2.05, 4.69) is 50.8 Å². The molecule has 1 aliphatic rings. The molecule has 1 aromatic carbocycles. The van der Waals surface area contributed by atoms with Crippen molar-refractivity contribution < 1.29 is 9.47 Å². The largest absolute Gasteiger partial charge is 0.488 e. The number of fused-ring (bicyclic) bond motifs is 1. The first kappa shape index (κ1) is 24.2. The summed E-state index contributed by atoms with van der Waals surface area (Å²) < 4.78 is 14.2. The number of halogens is 1. The molecule has 33 heavy (non-hydrogen) atoms. The number of nitrogens with zero attached hydrogens (tertiary/aromatic N) is 4. The van der Waals surface area contributed by atoms with Crippen LogP contribution in [0, 0.1) is 5.41 Å². The minimum Gasteiger partial charge on any atom is -0.488 e. The first-order chi connectivity index (χ1) is 15.4. The number of hydrogen-bond acceptors (Lipinski definition) is 5. The highest BCUT2D eigenvalue weighted by Gasteiger charge is 2.40. The van der Waals surface area contributed by atoms with Gasteiger partial charge in [0.15, 0.2) is 0 Å². The third kappa shape index (κ3) is 6.34. The molecule has 0 spiro atoms. The highest BCUT2D eigenvalue weighted by Crippen LogP contribution is 2.41. The molecule has 0 bridgehead atoms. The van der Waals surface area contributed by atoms with E-state index in [1.807, 2.05) is 22.9 Å². The number of aromatic nitrogens is 4. The standard InChI is InChI=1S/C25H35ClN4O2Si/c1-24(2,3)15-33(5,6)12-11-31-17-30-23(21-14-22(26)28-16-27-21)19-13-18(7-8-20(19)29-30)32-25(4)9-10-25/h7-8,13-14,16H,9-12,15,17H2,1-6H3. The van der Waals surface area contributed by atoms with Crippen LogP contribution in [-0.2, 0) is 11.5 Å². The summed E-state index contributed by atoms with van der Waals surface area (Å²) in [6, 6.07) is 10.2. The number of hydrogen-bond donors (Lipinski definition) is 0. The van der Waals surface area contributed by atoms with Crippen LogP contribution in [0.5, 0.6) is 5.75 Å². The molecule has 0 atom stereocenters. The van der Waals surface area contributed by atoms with Gasteiger partial charge in [0.1, 0.15) is 29.6 Å². The molecule has 1 aliphatic carbocycles. The van der Waals surface area contributed by atoms with Crippen molar-refractivity contribution in [2.24, 2.45) is 5.41 Å². The number of benzene rings is 1. The summed E-state index contributed by atoms with van der Waals surface area (Å²) in [7, 11) is -1.33.